The molecule has 2 unspecified atom stereocenters. The highest BCUT2D eigenvalue weighted by atomic mass is 32.2. The van der Waals surface area contributed by atoms with Gasteiger partial charge in [0, 0.05) is 25.2 Å². The lowest BCUT2D eigenvalue weighted by atomic mass is 9.88. The molecule has 2 rings (SSSR count). The van der Waals surface area contributed by atoms with Crippen LogP contribution < -0.4 is 5.32 Å². The molecule has 0 amide bonds. The minimum absolute atomic E-state index is 0.0510. The van der Waals surface area contributed by atoms with Gasteiger partial charge in [-0.2, -0.15) is 16.7 Å². The summed E-state index contributed by atoms with van der Waals surface area (Å²) in [4.78, 5) is 4.49. The summed E-state index contributed by atoms with van der Waals surface area (Å²) in [6.45, 7) is 7.30. The zero-order valence-electron chi connectivity index (χ0n) is 11.4. The largest absolute Gasteiger partial charge is 0.373 e. The second kappa shape index (κ2) is 5.59. The number of aromatic nitrogens is 2. The predicted octanol–water partition coefficient (Wildman–Crippen LogP) is 2.18. The van der Waals surface area contributed by atoms with E-state index >= 15 is 0 Å². The molecule has 5 nitrogen and oxygen atoms in total. The van der Waals surface area contributed by atoms with Crippen molar-refractivity contribution in [2.75, 3.05) is 25.2 Å². The molecule has 18 heavy (non-hydrogen) atoms. The van der Waals surface area contributed by atoms with Crippen LogP contribution in [0.1, 0.15) is 44.6 Å². The first-order valence-corrected chi connectivity index (χ1v) is 7.35. The van der Waals surface area contributed by atoms with Gasteiger partial charge in [0.05, 0.1) is 6.04 Å². The Morgan fingerprint density at radius 1 is 1.50 bits per heavy atom. The zero-order chi connectivity index (χ0) is 13.2. The normalized spacial score (nSPS) is 23.0. The Labute approximate surface area is 112 Å². The first kappa shape index (κ1) is 13.8. The lowest BCUT2D eigenvalue weighted by molar-refractivity contribution is 0.00718. The summed E-state index contributed by atoms with van der Waals surface area (Å²) in [5, 5.41) is 7.46. The number of hydrogen-bond donors (Lipinski definition) is 1. The monoisotopic (exact) mass is 271 g/mol. The maximum absolute atomic E-state index is 5.49. The Kier molecular flexibility index (Phi) is 4.29. The van der Waals surface area contributed by atoms with Gasteiger partial charge in [-0.3, -0.25) is 0 Å². The van der Waals surface area contributed by atoms with Gasteiger partial charge in [0.25, 0.3) is 0 Å². The summed E-state index contributed by atoms with van der Waals surface area (Å²) >= 11 is 1.91. The van der Waals surface area contributed by atoms with Crippen molar-refractivity contribution in [3.63, 3.8) is 0 Å². The van der Waals surface area contributed by atoms with Gasteiger partial charge in [0.15, 0.2) is 0 Å². The zero-order valence-corrected chi connectivity index (χ0v) is 12.2. The third kappa shape index (κ3) is 3.05. The average Bonchev–Trinajstić information content (AvgIpc) is 2.78. The van der Waals surface area contributed by atoms with Crippen LogP contribution in [0.3, 0.4) is 0 Å². The molecule has 1 aliphatic heterocycles. The number of hydrogen-bond acceptors (Lipinski definition) is 6. The van der Waals surface area contributed by atoms with Crippen LogP contribution in [0.4, 0.5) is 0 Å². The van der Waals surface area contributed by atoms with E-state index in [1.54, 1.807) is 7.11 Å². The van der Waals surface area contributed by atoms with E-state index in [9.17, 15) is 0 Å². The Morgan fingerprint density at radius 2 is 2.28 bits per heavy atom. The molecule has 0 radical (unpaired) electrons. The van der Waals surface area contributed by atoms with E-state index in [1.807, 2.05) is 11.8 Å². The predicted molar refractivity (Wildman–Crippen MR) is 71.6 cm³/mol. The fourth-order valence-corrected chi connectivity index (χ4v) is 2.99. The molecule has 1 aliphatic rings. The van der Waals surface area contributed by atoms with Gasteiger partial charge in [0.1, 0.15) is 6.10 Å². The van der Waals surface area contributed by atoms with E-state index in [-0.39, 0.29) is 17.6 Å². The average molecular weight is 271 g/mol. The van der Waals surface area contributed by atoms with Crippen molar-refractivity contribution in [1.29, 1.82) is 0 Å². The summed E-state index contributed by atoms with van der Waals surface area (Å²) in [5.41, 5.74) is -0.0510. The molecule has 0 aliphatic carbocycles. The summed E-state index contributed by atoms with van der Waals surface area (Å²) in [6, 6.07) is 0.169. The molecule has 1 aromatic rings. The summed E-state index contributed by atoms with van der Waals surface area (Å²) < 4.78 is 10.9. The summed E-state index contributed by atoms with van der Waals surface area (Å²) in [5.74, 6) is 3.43. The van der Waals surface area contributed by atoms with E-state index in [4.69, 9.17) is 9.26 Å². The molecule has 2 atom stereocenters. The molecule has 0 spiro atoms. The summed E-state index contributed by atoms with van der Waals surface area (Å²) in [6.07, 6.45) is -0.147. The number of rotatable bonds is 3. The highest BCUT2D eigenvalue weighted by Gasteiger charge is 2.32. The molecule has 0 bridgehead atoms. The maximum Gasteiger partial charge on any atom is 0.244 e. The highest BCUT2D eigenvalue weighted by molar-refractivity contribution is 7.99. The fourth-order valence-electron chi connectivity index (χ4n) is 2.07. The van der Waals surface area contributed by atoms with E-state index in [1.165, 1.54) is 0 Å². The van der Waals surface area contributed by atoms with Crippen molar-refractivity contribution in [3.05, 3.63) is 11.7 Å². The quantitative estimate of drug-likeness (QED) is 0.909. The topological polar surface area (TPSA) is 60.2 Å². The molecule has 0 saturated carbocycles. The SMILES string of the molecule is COC(c1noc(C2CSCCN2)n1)C(C)(C)C. The van der Waals surface area contributed by atoms with Gasteiger partial charge >= 0.3 is 0 Å². The van der Waals surface area contributed by atoms with E-state index in [0.29, 0.717) is 11.7 Å². The molecular weight excluding hydrogens is 250 g/mol. The van der Waals surface area contributed by atoms with Crippen molar-refractivity contribution in [3.8, 4) is 0 Å². The van der Waals surface area contributed by atoms with E-state index < -0.39 is 0 Å². The Balaban J connectivity index is 2.13. The van der Waals surface area contributed by atoms with Crippen LogP contribution >= 0.6 is 11.8 Å². The van der Waals surface area contributed by atoms with Crippen molar-refractivity contribution in [2.45, 2.75) is 32.9 Å². The minimum Gasteiger partial charge on any atom is -0.373 e. The highest BCUT2D eigenvalue weighted by Crippen LogP contribution is 2.34. The standard InChI is InChI=1S/C12H21N3O2S/c1-12(2,3)9(16-4)10-14-11(17-15-10)8-7-18-6-5-13-8/h8-9,13H,5-7H2,1-4H3. The van der Waals surface area contributed by atoms with Gasteiger partial charge in [-0.15, -0.1) is 0 Å². The lowest BCUT2D eigenvalue weighted by Crippen LogP contribution is -2.30. The number of thioether (sulfide) groups is 1. The third-order valence-electron chi connectivity index (χ3n) is 2.93. The lowest BCUT2D eigenvalue weighted by Gasteiger charge is -2.26. The number of ether oxygens (including phenoxy) is 1. The Morgan fingerprint density at radius 3 is 2.83 bits per heavy atom. The van der Waals surface area contributed by atoms with Crippen molar-refractivity contribution in [2.24, 2.45) is 5.41 Å². The maximum atomic E-state index is 5.49. The van der Waals surface area contributed by atoms with Gasteiger partial charge < -0.3 is 14.6 Å². The number of nitrogens with one attached hydrogen (secondary N) is 1. The molecule has 1 aromatic heterocycles. The molecule has 102 valence electrons. The van der Waals surface area contributed by atoms with Crippen molar-refractivity contribution in [1.82, 2.24) is 15.5 Å². The van der Waals surface area contributed by atoms with E-state index in [2.05, 4.69) is 36.2 Å². The van der Waals surface area contributed by atoms with Gasteiger partial charge in [-0.25, -0.2) is 0 Å². The molecule has 0 aromatic carbocycles. The van der Waals surface area contributed by atoms with Crippen molar-refractivity contribution >= 4 is 11.8 Å². The molecular formula is C12H21N3O2S. The van der Waals surface area contributed by atoms with Gasteiger partial charge in [-0.1, -0.05) is 25.9 Å². The van der Waals surface area contributed by atoms with Crippen LogP contribution in [0.25, 0.3) is 0 Å². The van der Waals surface area contributed by atoms with Crippen LogP contribution in [0.2, 0.25) is 0 Å². The Bertz CT molecular complexity index is 383. The molecule has 1 fully saturated rings. The third-order valence-corrected chi connectivity index (χ3v) is 4.00. The molecule has 2 heterocycles. The van der Waals surface area contributed by atoms with Crippen molar-refractivity contribution < 1.29 is 9.26 Å². The van der Waals surface area contributed by atoms with Gasteiger partial charge in [0.2, 0.25) is 11.7 Å². The fraction of sp³-hybridized carbons (Fsp3) is 0.833. The second-order valence-electron chi connectivity index (χ2n) is 5.55. The van der Waals surface area contributed by atoms with Crippen LogP contribution in [0.15, 0.2) is 4.52 Å². The summed E-state index contributed by atoms with van der Waals surface area (Å²) in [7, 11) is 1.68. The van der Waals surface area contributed by atoms with Crippen LogP contribution in [0, 0.1) is 5.41 Å². The van der Waals surface area contributed by atoms with Crippen LogP contribution in [-0.4, -0.2) is 35.3 Å². The second-order valence-corrected chi connectivity index (χ2v) is 6.70. The smallest absolute Gasteiger partial charge is 0.244 e. The number of methoxy groups -OCH3 is 1. The van der Waals surface area contributed by atoms with E-state index in [0.717, 1.165) is 18.1 Å². The van der Waals surface area contributed by atoms with Crippen LogP contribution in [0.5, 0.6) is 0 Å². The van der Waals surface area contributed by atoms with Gasteiger partial charge in [-0.05, 0) is 5.41 Å². The molecule has 1 saturated heterocycles. The Hall–Kier alpha value is -0.590. The minimum atomic E-state index is -0.147. The molecule has 6 heteroatoms. The first-order chi connectivity index (χ1) is 8.52. The molecule has 1 N–H and O–H groups in total. The first-order valence-electron chi connectivity index (χ1n) is 6.20. The number of nitrogens with zero attached hydrogens (tertiary/aromatic N) is 2. The van der Waals surface area contributed by atoms with Crippen LogP contribution in [-0.2, 0) is 4.74 Å².